The number of carbonyl (C=O) groups excluding carboxylic acids is 1. The van der Waals surface area contributed by atoms with Crippen LogP contribution < -0.4 is 10.6 Å². The zero-order chi connectivity index (χ0) is 17.6. The van der Waals surface area contributed by atoms with E-state index in [0.29, 0.717) is 12.2 Å². The minimum Gasteiger partial charge on any atom is -0.347 e. The van der Waals surface area contributed by atoms with Gasteiger partial charge < -0.3 is 10.6 Å². The Hall–Kier alpha value is -3.28. The van der Waals surface area contributed by atoms with Crippen LogP contribution in [0, 0.1) is 12.7 Å². The molecule has 3 aromatic rings. The Balaban J connectivity index is 1.65. The van der Waals surface area contributed by atoms with Crippen molar-refractivity contribution in [1.82, 2.24) is 15.3 Å². The molecule has 0 aliphatic heterocycles. The fraction of sp³-hybridized carbons (Fsp3) is 0.105. The predicted molar refractivity (Wildman–Crippen MR) is 94.1 cm³/mol. The number of carbonyl (C=O) groups is 1. The third kappa shape index (κ3) is 4.60. The number of aryl methyl sites for hydroxylation is 1. The molecule has 2 aromatic carbocycles. The molecule has 0 saturated carbocycles. The second kappa shape index (κ2) is 7.53. The van der Waals surface area contributed by atoms with Gasteiger partial charge in [0.05, 0.1) is 0 Å². The molecule has 1 aromatic heterocycles. The first kappa shape index (κ1) is 16.6. The first-order valence-corrected chi connectivity index (χ1v) is 7.79. The summed E-state index contributed by atoms with van der Waals surface area (Å²) in [7, 11) is 0. The van der Waals surface area contributed by atoms with Gasteiger partial charge in [0.25, 0.3) is 5.91 Å². The summed E-state index contributed by atoms with van der Waals surface area (Å²) in [5.41, 5.74) is 3.05. The molecule has 25 heavy (non-hydrogen) atoms. The van der Waals surface area contributed by atoms with Crippen molar-refractivity contribution in [1.29, 1.82) is 0 Å². The van der Waals surface area contributed by atoms with E-state index in [-0.39, 0.29) is 23.4 Å². The summed E-state index contributed by atoms with van der Waals surface area (Å²) in [6, 6.07) is 15.3. The summed E-state index contributed by atoms with van der Waals surface area (Å²) < 4.78 is 12.9. The number of nitrogens with zero attached hydrogens (tertiary/aromatic N) is 2. The number of hydrogen-bond acceptors (Lipinski definition) is 4. The standard InChI is InChI=1S/C19H17FN4O/c1-13-3-2-4-14(11-13)12-22-18(25)17-9-10-21-19(24-17)23-16-7-5-15(20)6-8-16/h2-11H,12H2,1H3,(H,22,25)(H,21,23,24). The van der Waals surface area contributed by atoms with Gasteiger partial charge in [-0.1, -0.05) is 29.8 Å². The topological polar surface area (TPSA) is 66.9 Å². The average molecular weight is 336 g/mol. The molecule has 2 N–H and O–H groups in total. The second-order valence-electron chi connectivity index (χ2n) is 5.57. The van der Waals surface area contributed by atoms with E-state index in [2.05, 4.69) is 20.6 Å². The Morgan fingerprint density at radius 1 is 1.12 bits per heavy atom. The molecule has 0 unspecified atom stereocenters. The highest BCUT2D eigenvalue weighted by atomic mass is 19.1. The van der Waals surface area contributed by atoms with Gasteiger partial charge in [0, 0.05) is 18.4 Å². The van der Waals surface area contributed by atoms with E-state index in [4.69, 9.17) is 0 Å². The highest BCUT2D eigenvalue weighted by Crippen LogP contribution is 2.13. The van der Waals surface area contributed by atoms with Crippen LogP contribution >= 0.6 is 0 Å². The SMILES string of the molecule is Cc1cccc(CNC(=O)c2ccnc(Nc3ccc(F)cc3)n2)c1. The number of halogens is 1. The van der Waals surface area contributed by atoms with E-state index in [0.717, 1.165) is 11.1 Å². The number of benzene rings is 2. The van der Waals surface area contributed by atoms with Crippen molar-refractivity contribution in [2.24, 2.45) is 0 Å². The molecule has 126 valence electrons. The molecule has 0 atom stereocenters. The summed E-state index contributed by atoms with van der Waals surface area (Å²) in [6.45, 7) is 2.42. The lowest BCUT2D eigenvalue weighted by Crippen LogP contribution is -2.24. The van der Waals surface area contributed by atoms with Crippen LogP contribution in [0.4, 0.5) is 16.0 Å². The van der Waals surface area contributed by atoms with Crippen LogP contribution in [-0.2, 0) is 6.54 Å². The molecule has 0 aliphatic carbocycles. The van der Waals surface area contributed by atoms with Crippen molar-refractivity contribution in [3.8, 4) is 0 Å². The normalized spacial score (nSPS) is 10.3. The largest absolute Gasteiger partial charge is 0.347 e. The molecule has 0 aliphatic rings. The third-order valence-electron chi connectivity index (χ3n) is 3.52. The fourth-order valence-electron chi connectivity index (χ4n) is 2.30. The highest BCUT2D eigenvalue weighted by molar-refractivity contribution is 5.92. The third-order valence-corrected chi connectivity index (χ3v) is 3.52. The van der Waals surface area contributed by atoms with E-state index in [9.17, 15) is 9.18 Å². The maximum atomic E-state index is 12.9. The van der Waals surface area contributed by atoms with Crippen LogP contribution in [0.2, 0.25) is 0 Å². The first-order valence-electron chi connectivity index (χ1n) is 7.79. The molecule has 1 amide bonds. The average Bonchev–Trinajstić information content (AvgIpc) is 2.62. The van der Waals surface area contributed by atoms with Gasteiger partial charge in [-0.3, -0.25) is 4.79 Å². The van der Waals surface area contributed by atoms with E-state index in [1.54, 1.807) is 18.2 Å². The van der Waals surface area contributed by atoms with Gasteiger partial charge in [-0.05, 0) is 42.8 Å². The monoisotopic (exact) mass is 336 g/mol. The van der Waals surface area contributed by atoms with E-state index >= 15 is 0 Å². The van der Waals surface area contributed by atoms with Crippen LogP contribution in [-0.4, -0.2) is 15.9 Å². The highest BCUT2D eigenvalue weighted by Gasteiger charge is 2.09. The van der Waals surface area contributed by atoms with E-state index < -0.39 is 0 Å². The summed E-state index contributed by atoms with van der Waals surface area (Å²) in [5, 5.41) is 5.77. The minimum atomic E-state index is -0.323. The lowest BCUT2D eigenvalue weighted by molar-refractivity contribution is 0.0946. The van der Waals surface area contributed by atoms with Crippen LogP contribution in [0.1, 0.15) is 21.6 Å². The van der Waals surface area contributed by atoms with Crippen LogP contribution in [0.3, 0.4) is 0 Å². The van der Waals surface area contributed by atoms with Crippen molar-refractivity contribution in [3.05, 3.63) is 83.4 Å². The maximum absolute atomic E-state index is 12.9. The van der Waals surface area contributed by atoms with Crippen LogP contribution in [0.15, 0.2) is 60.8 Å². The lowest BCUT2D eigenvalue weighted by atomic mass is 10.1. The lowest BCUT2D eigenvalue weighted by Gasteiger charge is -2.08. The summed E-state index contributed by atoms with van der Waals surface area (Å²) in [6.07, 6.45) is 1.50. The molecule has 0 bridgehead atoms. The van der Waals surface area contributed by atoms with Gasteiger partial charge in [-0.25, -0.2) is 14.4 Å². The predicted octanol–water partition coefficient (Wildman–Crippen LogP) is 3.60. The van der Waals surface area contributed by atoms with Gasteiger partial charge in [-0.15, -0.1) is 0 Å². The van der Waals surface area contributed by atoms with Crippen molar-refractivity contribution in [2.75, 3.05) is 5.32 Å². The number of aromatic nitrogens is 2. The Morgan fingerprint density at radius 3 is 2.68 bits per heavy atom. The zero-order valence-corrected chi connectivity index (χ0v) is 13.7. The maximum Gasteiger partial charge on any atom is 0.270 e. The van der Waals surface area contributed by atoms with E-state index in [1.807, 2.05) is 31.2 Å². The van der Waals surface area contributed by atoms with Crippen molar-refractivity contribution in [3.63, 3.8) is 0 Å². The molecular weight excluding hydrogens is 319 g/mol. The van der Waals surface area contributed by atoms with Crippen molar-refractivity contribution >= 4 is 17.5 Å². The summed E-state index contributed by atoms with van der Waals surface area (Å²) in [4.78, 5) is 20.5. The van der Waals surface area contributed by atoms with Crippen molar-refractivity contribution < 1.29 is 9.18 Å². The van der Waals surface area contributed by atoms with Crippen LogP contribution in [0.25, 0.3) is 0 Å². The summed E-state index contributed by atoms with van der Waals surface area (Å²) >= 11 is 0. The zero-order valence-electron chi connectivity index (χ0n) is 13.7. The molecule has 3 rings (SSSR count). The van der Waals surface area contributed by atoms with Gasteiger partial charge in [0.1, 0.15) is 11.5 Å². The molecule has 0 spiro atoms. The number of anilines is 2. The Labute approximate surface area is 145 Å². The molecule has 0 saturated heterocycles. The smallest absolute Gasteiger partial charge is 0.270 e. The first-order chi connectivity index (χ1) is 12.1. The van der Waals surface area contributed by atoms with Gasteiger partial charge in [0.2, 0.25) is 5.95 Å². The van der Waals surface area contributed by atoms with Gasteiger partial charge in [-0.2, -0.15) is 0 Å². The van der Waals surface area contributed by atoms with E-state index in [1.165, 1.54) is 18.3 Å². The Morgan fingerprint density at radius 2 is 1.92 bits per heavy atom. The Bertz CT molecular complexity index is 881. The van der Waals surface area contributed by atoms with Crippen molar-refractivity contribution in [2.45, 2.75) is 13.5 Å². The Kier molecular flexibility index (Phi) is 4.99. The number of amides is 1. The second-order valence-corrected chi connectivity index (χ2v) is 5.57. The molecule has 1 heterocycles. The summed E-state index contributed by atoms with van der Waals surface area (Å²) in [5.74, 6) is -0.336. The van der Waals surface area contributed by atoms with Gasteiger partial charge >= 0.3 is 0 Å². The number of hydrogen-bond donors (Lipinski definition) is 2. The molecule has 6 heteroatoms. The number of rotatable bonds is 5. The molecule has 0 fully saturated rings. The quantitative estimate of drug-likeness (QED) is 0.747. The minimum absolute atomic E-state index is 0.257. The molecule has 5 nitrogen and oxygen atoms in total. The fourth-order valence-corrected chi connectivity index (χ4v) is 2.30. The molecular formula is C19H17FN4O. The molecule has 0 radical (unpaired) electrons. The van der Waals surface area contributed by atoms with Gasteiger partial charge in [0.15, 0.2) is 0 Å². The van der Waals surface area contributed by atoms with Crippen LogP contribution in [0.5, 0.6) is 0 Å². The number of nitrogens with one attached hydrogen (secondary N) is 2.